The van der Waals surface area contributed by atoms with Crippen molar-refractivity contribution >= 4 is 34.0 Å². The third-order valence-corrected chi connectivity index (χ3v) is 4.87. The number of aromatic amines is 1. The Morgan fingerprint density at radius 2 is 2.04 bits per heavy atom. The van der Waals surface area contributed by atoms with Crippen molar-refractivity contribution < 1.29 is 4.79 Å². The number of carbonyl (C=O) groups excluding carboxylic acids is 1. The average molecular weight is 355 g/mol. The molecule has 0 bridgehead atoms. The lowest BCUT2D eigenvalue weighted by Gasteiger charge is -2.21. The van der Waals surface area contributed by atoms with Crippen molar-refractivity contribution in [3.05, 3.63) is 78.1 Å². The summed E-state index contributed by atoms with van der Waals surface area (Å²) in [5, 5.41) is 10.9. The third-order valence-electron chi connectivity index (χ3n) is 4.87. The molecule has 2 N–H and O–H groups in total. The first kappa shape index (κ1) is 15.6. The van der Waals surface area contributed by atoms with Crippen molar-refractivity contribution in [1.29, 1.82) is 0 Å². The molecular weight excluding hydrogens is 338 g/mol. The van der Waals surface area contributed by atoms with E-state index in [1.54, 1.807) is 18.5 Å². The molecule has 2 aromatic carbocycles. The first-order valence-electron chi connectivity index (χ1n) is 8.84. The maximum Gasteiger partial charge on any atom is 0.259 e. The number of para-hydroxylation sites is 1. The largest absolute Gasteiger partial charge is 0.325 e. The van der Waals surface area contributed by atoms with E-state index in [-0.39, 0.29) is 5.91 Å². The number of nitrogens with one attached hydrogen (secondary N) is 2. The number of rotatable bonds is 3. The van der Waals surface area contributed by atoms with Crippen LogP contribution in [0.2, 0.25) is 0 Å². The fourth-order valence-electron chi connectivity index (χ4n) is 3.56. The number of carbonyl (C=O) groups is 1. The van der Waals surface area contributed by atoms with Gasteiger partial charge in [0, 0.05) is 29.5 Å². The second kappa shape index (κ2) is 6.25. The van der Waals surface area contributed by atoms with Crippen molar-refractivity contribution in [2.75, 3.05) is 16.8 Å². The summed E-state index contributed by atoms with van der Waals surface area (Å²) in [7, 11) is 0. The van der Waals surface area contributed by atoms with Gasteiger partial charge in [-0.15, -0.1) is 0 Å². The zero-order valence-electron chi connectivity index (χ0n) is 14.5. The number of amides is 1. The smallest absolute Gasteiger partial charge is 0.259 e. The van der Waals surface area contributed by atoms with Crippen LogP contribution in [0, 0.1) is 0 Å². The number of hydrogen-bond donors (Lipinski definition) is 2. The highest BCUT2D eigenvalue weighted by atomic mass is 16.1. The van der Waals surface area contributed by atoms with Gasteiger partial charge in [0.1, 0.15) is 5.82 Å². The van der Waals surface area contributed by atoms with Gasteiger partial charge < -0.3 is 10.2 Å². The minimum absolute atomic E-state index is 0.179. The Morgan fingerprint density at radius 3 is 3.00 bits per heavy atom. The Labute approximate surface area is 155 Å². The number of pyridine rings is 1. The van der Waals surface area contributed by atoms with Gasteiger partial charge in [-0.3, -0.25) is 9.89 Å². The molecule has 1 aliphatic rings. The van der Waals surface area contributed by atoms with Crippen molar-refractivity contribution in [3.8, 4) is 0 Å². The Bertz CT molecular complexity index is 1150. The first-order valence-corrected chi connectivity index (χ1v) is 8.84. The summed E-state index contributed by atoms with van der Waals surface area (Å²) in [4.78, 5) is 19.6. The lowest BCUT2D eigenvalue weighted by Crippen LogP contribution is -2.21. The number of fused-ring (bicyclic) bond motifs is 2. The number of H-pyrrole nitrogens is 1. The van der Waals surface area contributed by atoms with Gasteiger partial charge in [-0.25, -0.2) is 4.98 Å². The molecule has 132 valence electrons. The van der Waals surface area contributed by atoms with Crippen LogP contribution in [-0.2, 0) is 6.42 Å². The van der Waals surface area contributed by atoms with Gasteiger partial charge in [0.05, 0.1) is 17.3 Å². The van der Waals surface area contributed by atoms with Crippen LogP contribution in [0.1, 0.15) is 15.9 Å². The minimum Gasteiger partial charge on any atom is -0.325 e. The van der Waals surface area contributed by atoms with Crippen LogP contribution in [0.5, 0.6) is 0 Å². The highest BCUT2D eigenvalue weighted by Gasteiger charge is 2.25. The molecule has 0 aliphatic carbocycles. The van der Waals surface area contributed by atoms with Crippen LogP contribution in [0.3, 0.4) is 0 Å². The second-order valence-corrected chi connectivity index (χ2v) is 6.53. The summed E-state index contributed by atoms with van der Waals surface area (Å²) in [6.07, 6.45) is 4.43. The Kier molecular flexibility index (Phi) is 3.60. The molecular formula is C21H17N5O. The normalized spacial score (nSPS) is 13.0. The molecule has 5 rings (SSSR count). The van der Waals surface area contributed by atoms with E-state index in [2.05, 4.69) is 37.5 Å². The molecule has 0 spiro atoms. The highest BCUT2D eigenvalue weighted by Crippen LogP contribution is 2.35. The molecule has 0 saturated carbocycles. The van der Waals surface area contributed by atoms with E-state index in [4.69, 9.17) is 0 Å². The van der Waals surface area contributed by atoms with Gasteiger partial charge in [0.25, 0.3) is 5.91 Å². The van der Waals surface area contributed by atoms with E-state index in [1.807, 2.05) is 36.4 Å². The lowest BCUT2D eigenvalue weighted by atomic mass is 10.1. The van der Waals surface area contributed by atoms with Gasteiger partial charge in [0.15, 0.2) is 0 Å². The van der Waals surface area contributed by atoms with Crippen molar-refractivity contribution in [1.82, 2.24) is 15.2 Å². The van der Waals surface area contributed by atoms with E-state index in [1.165, 1.54) is 5.56 Å². The van der Waals surface area contributed by atoms with Gasteiger partial charge in [-0.05, 0) is 48.4 Å². The minimum atomic E-state index is -0.179. The van der Waals surface area contributed by atoms with Crippen LogP contribution in [0.25, 0.3) is 10.9 Å². The third kappa shape index (κ3) is 2.71. The van der Waals surface area contributed by atoms with Crippen LogP contribution in [0.15, 0.2) is 67.0 Å². The summed E-state index contributed by atoms with van der Waals surface area (Å²) in [5.41, 5.74) is 4.54. The van der Waals surface area contributed by atoms with Crippen molar-refractivity contribution in [3.63, 3.8) is 0 Å². The summed E-state index contributed by atoms with van der Waals surface area (Å²) in [6.45, 7) is 0.816. The Hall–Kier alpha value is -3.67. The maximum atomic E-state index is 13.0. The lowest BCUT2D eigenvalue weighted by molar-refractivity contribution is 0.102. The van der Waals surface area contributed by atoms with E-state index in [9.17, 15) is 4.79 Å². The molecule has 0 fully saturated rings. The predicted octanol–water partition coefficient (Wildman–Crippen LogP) is 3.90. The van der Waals surface area contributed by atoms with Gasteiger partial charge >= 0.3 is 0 Å². The maximum absolute atomic E-state index is 13.0. The van der Waals surface area contributed by atoms with Crippen LogP contribution < -0.4 is 10.2 Å². The summed E-state index contributed by atoms with van der Waals surface area (Å²) in [5.74, 6) is 0.504. The fraction of sp³-hybridized carbons (Fsp3) is 0.0952. The fourth-order valence-corrected chi connectivity index (χ4v) is 3.56. The number of benzene rings is 2. The molecule has 0 atom stereocenters. The number of hydrogen-bond acceptors (Lipinski definition) is 4. The quantitative estimate of drug-likeness (QED) is 0.584. The number of aromatic nitrogens is 3. The predicted molar refractivity (Wildman–Crippen MR) is 105 cm³/mol. The van der Waals surface area contributed by atoms with Gasteiger partial charge in [-0.2, -0.15) is 5.10 Å². The molecule has 0 saturated heterocycles. The standard InChI is InChI=1S/C21H17N5O/c27-21(24-16-8-7-15-13-23-25-18(15)12-16)17-5-3-10-22-20(17)26-11-9-14-4-1-2-6-19(14)26/h1-8,10,12-13H,9,11H2,(H,23,25)(H,24,27). The Balaban J connectivity index is 1.48. The number of anilines is 3. The van der Waals surface area contributed by atoms with Crippen LogP contribution >= 0.6 is 0 Å². The van der Waals surface area contributed by atoms with E-state index >= 15 is 0 Å². The van der Waals surface area contributed by atoms with E-state index in [0.29, 0.717) is 17.1 Å². The molecule has 3 heterocycles. The summed E-state index contributed by atoms with van der Waals surface area (Å²) >= 11 is 0. The zero-order chi connectivity index (χ0) is 18.2. The second-order valence-electron chi connectivity index (χ2n) is 6.53. The number of nitrogens with zero attached hydrogens (tertiary/aromatic N) is 3. The molecule has 1 amide bonds. The van der Waals surface area contributed by atoms with Gasteiger partial charge in [0.2, 0.25) is 0 Å². The van der Waals surface area contributed by atoms with Crippen LogP contribution in [-0.4, -0.2) is 27.6 Å². The highest BCUT2D eigenvalue weighted by molar-refractivity contribution is 6.08. The van der Waals surface area contributed by atoms with E-state index < -0.39 is 0 Å². The van der Waals surface area contributed by atoms with Crippen molar-refractivity contribution in [2.45, 2.75) is 6.42 Å². The topological polar surface area (TPSA) is 73.9 Å². The van der Waals surface area contributed by atoms with E-state index in [0.717, 1.165) is 29.6 Å². The molecule has 6 heteroatoms. The zero-order valence-corrected chi connectivity index (χ0v) is 14.5. The molecule has 0 radical (unpaired) electrons. The van der Waals surface area contributed by atoms with Crippen molar-refractivity contribution in [2.24, 2.45) is 0 Å². The molecule has 1 aliphatic heterocycles. The first-order chi connectivity index (χ1) is 13.3. The summed E-state index contributed by atoms with van der Waals surface area (Å²) in [6, 6.07) is 17.5. The average Bonchev–Trinajstić information content (AvgIpc) is 3.34. The summed E-state index contributed by atoms with van der Waals surface area (Å²) < 4.78 is 0. The molecule has 2 aromatic heterocycles. The van der Waals surface area contributed by atoms with Crippen LogP contribution in [0.4, 0.5) is 17.2 Å². The monoisotopic (exact) mass is 355 g/mol. The molecule has 4 aromatic rings. The van der Waals surface area contributed by atoms with Gasteiger partial charge in [-0.1, -0.05) is 18.2 Å². The SMILES string of the molecule is O=C(Nc1ccc2cn[nH]c2c1)c1cccnc1N1CCc2ccccc21. The molecule has 6 nitrogen and oxygen atoms in total. The molecule has 27 heavy (non-hydrogen) atoms. The molecule has 0 unspecified atom stereocenters. The Morgan fingerprint density at radius 1 is 1.11 bits per heavy atom.